The SMILES string of the molecule is CCNc1nc(C2CCC(C)C2)nc(C(C)(C)C)c1Br. The minimum absolute atomic E-state index is 0.0188. The molecule has 0 radical (unpaired) electrons. The molecule has 20 heavy (non-hydrogen) atoms. The highest BCUT2D eigenvalue weighted by Gasteiger charge is 2.29. The van der Waals surface area contributed by atoms with E-state index >= 15 is 0 Å². The first-order chi connectivity index (χ1) is 9.32. The Kier molecular flexibility index (Phi) is 4.73. The van der Waals surface area contributed by atoms with E-state index < -0.39 is 0 Å². The maximum atomic E-state index is 4.90. The maximum Gasteiger partial charge on any atom is 0.144 e. The number of nitrogens with zero attached hydrogens (tertiary/aromatic N) is 2. The van der Waals surface area contributed by atoms with Gasteiger partial charge in [0, 0.05) is 17.9 Å². The molecule has 0 aromatic carbocycles. The molecule has 2 unspecified atom stereocenters. The quantitative estimate of drug-likeness (QED) is 0.853. The largest absolute Gasteiger partial charge is 0.369 e. The first kappa shape index (κ1) is 15.7. The van der Waals surface area contributed by atoms with E-state index in [0.29, 0.717) is 5.92 Å². The molecule has 0 saturated heterocycles. The summed E-state index contributed by atoms with van der Waals surface area (Å²) >= 11 is 3.69. The molecule has 3 nitrogen and oxygen atoms in total. The Bertz CT molecular complexity index is 479. The van der Waals surface area contributed by atoms with Crippen molar-refractivity contribution in [1.82, 2.24) is 9.97 Å². The molecule has 1 fully saturated rings. The van der Waals surface area contributed by atoms with Gasteiger partial charge < -0.3 is 5.32 Å². The van der Waals surface area contributed by atoms with Crippen LogP contribution in [0.5, 0.6) is 0 Å². The Labute approximate surface area is 131 Å². The zero-order valence-corrected chi connectivity index (χ0v) is 14.8. The lowest BCUT2D eigenvalue weighted by molar-refractivity contribution is 0.542. The second-order valence-electron chi connectivity index (χ2n) is 6.99. The molecular formula is C16H26BrN3. The molecule has 2 atom stereocenters. The summed E-state index contributed by atoms with van der Waals surface area (Å²) in [4.78, 5) is 9.69. The Morgan fingerprint density at radius 3 is 2.45 bits per heavy atom. The second-order valence-corrected chi connectivity index (χ2v) is 7.78. The van der Waals surface area contributed by atoms with E-state index in [9.17, 15) is 0 Å². The highest BCUT2D eigenvalue weighted by atomic mass is 79.9. The van der Waals surface area contributed by atoms with Crippen LogP contribution in [0.2, 0.25) is 0 Å². The number of halogens is 1. The third-order valence-corrected chi connectivity index (χ3v) is 4.73. The van der Waals surface area contributed by atoms with E-state index in [1.165, 1.54) is 19.3 Å². The Balaban J connectivity index is 2.44. The van der Waals surface area contributed by atoms with Crippen LogP contribution in [0.25, 0.3) is 0 Å². The summed E-state index contributed by atoms with van der Waals surface area (Å²) in [7, 11) is 0. The summed E-state index contributed by atoms with van der Waals surface area (Å²) in [5, 5.41) is 3.37. The maximum absolute atomic E-state index is 4.90. The van der Waals surface area contributed by atoms with Gasteiger partial charge in [0.05, 0.1) is 10.2 Å². The Hall–Kier alpha value is -0.640. The van der Waals surface area contributed by atoms with Crippen LogP contribution in [-0.2, 0) is 5.41 Å². The molecule has 1 aromatic heterocycles. The monoisotopic (exact) mass is 339 g/mol. The lowest BCUT2D eigenvalue weighted by Gasteiger charge is -2.23. The molecule has 0 spiro atoms. The number of hydrogen-bond donors (Lipinski definition) is 1. The highest BCUT2D eigenvalue weighted by molar-refractivity contribution is 9.10. The van der Waals surface area contributed by atoms with Crippen LogP contribution in [0, 0.1) is 5.92 Å². The van der Waals surface area contributed by atoms with Crippen molar-refractivity contribution in [3.05, 3.63) is 16.0 Å². The van der Waals surface area contributed by atoms with Crippen molar-refractivity contribution in [3.63, 3.8) is 0 Å². The van der Waals surface area contributed by atoms with Gasteiger partial charge in [-0.1, -0.05) is 27.7 Å². The average molecular weight is 340 g/mol. The summed E-state index contributed by atoms with van der Waals surface area (Å²) in [6.07, 6.45) is 3.74. The minimum atomic E-state index is 0.0188. The molecule has 1 heterocycles. The molecule has 0 aliphatic heterocycles. The van der Waals surface area contributed by atoms with Gasteiger partial charge >= 0.3 is 0 Å². The van der Waals surface area contributed by atoms with Crippen LogP contribution in [-0.4, -0.2) is 16.5 Å². The number of hydrogen-bond acceptors (Lipinski definition) is 3. The van der Waals surface area contributed by atoms with Crippen LogP contribution in [0.4, 0.5) is 5.82 Å². The van der Waals surface area contributed by atoms with Crippen LogP contribution < -0.4 is 5.32 Å². The van der Waals surface area contributed by atoms with Crippen LogP contribution >= 0.6 is 15.9 Å². The van der Waals surface area contributed by atoms with Crippen molar-refractivity contribution < 1.29 is 0 Å². The normalized spacial score (nSPS) is 23.1. The lowest BCUT2D eigenvalue weighted by Crippen LogP contribution is -2.19. The molecular weight excluding hydrogens is 314 g/mol. The van der Waals surface area contributed by atoms with Gasteiger partial charge in [-0.05, 0) is 48.0 Å². The average Bonchev–Trinajstić information content (AvgIpc) is 2.77. The Morgan fingerprint density at radius 1 is 1.25 bits per heavy atom. The van der Waals surface area contributed by atoms with E-state index in [2.05, 4.69) is 55.9 Å². The van der Waals surface area contributed by atoms with E-state index in [-0.39, 0.29) is 5.41 Å². The van der Waals surface area contributed by atoms with Crippen molar-refractivity contribution in [2.75, 3.05) is 11.9 Å². The smallest absolute Gasteiger partial charge is 0.144 e. The number of nitrogens with one attached hydrogen (secondary N) is 1. The highest BCUT2D eigenvalue weighted by Crippen LogP contribution is 2.39. The second kappa shape index (κ2) is 6.00. The molecule has 2 rings (SSSR count). The number of aromatic nitrogens is 2. The van der Waals surface area contributed by atoms with E-state index in [4.69, 9.17) is 9.97 Å². The van der Waals surface area contributed by atoms with Crippen LogP contribution in [0.1, 0.15) is 71.3 Å². The standard InChI is InChI=1S/C16H26BrN3/c1-6-18-15-12(17)13(16(3,4)5)19-14(20-15)11-8-7-10(2)9-11/h10-11H,6-9H2,1-5H3,(H,18,19,20). The summed E-state index contributed by atoms with van der Waals surface area (Å²) < 4.78 is 1.02. The van der Waals surface area contributed by atoms with Gasteiger partial charge in [0.1, 0.15) is 11.6 Å². The van der Waals surface area contributed by atoms with E-state index in [1.54, 1.807) is 0 Å². The van der Waals surface area contributed by atoms with Crippen LogP contribution in [0.3, 0.4) is 0 Å². The van der Waals surface area contributed by atoms with Crippen molar-refractivity contribution in [2.24, 2.45) is 5.92 Å². The molecule has 4 heteroatoms. The first-order valence-corrected chi connectivity index (χ1v) is 8.44. The van der Waals surface area contributed by atoms with Gasteiger partial charge in [0.15, 0.2) is 0 Å². The van der Waals surface area contributed by atoms with Gasteiger partial charge in [0.25, 0.3) is 0 Å². The van der Waals surface area contributed by atoms with Gasteiger partial charge in [-0.15, -0.1) is 0 Å². The summed E-state index contributed by atoms with van der Waals surface area (Å²) in [6, 6.07) is 0. The predicted octanol–water partition coefficient (Wildman–Crippen LogP) is 4.87. The Morgan fingerprint density at radius 2 is 1.95 bits per heavy atom. The lowest BCUT2D eigenvalue weighted by atomic mass is 9.91. The van der Waals surface area contributed by atoms with Crippen molar-refractivity contribution in [3.8, 4) is 0 Å². The van der Waals surface area contributed by atoms with Crippen molar-refractivity contribution >= 4 is 21.7 Å². The van der Waals surface area contributed by atoms with Crippen molar-refractivity contribution in [1.29, 1.82) is 0 Å². The molecule has 1 saturated carbocycles. The zero-order chi connectivity index (χ0) is 14.9. The molecule has 0 bridgehead atoms. The van der Waals surface area contributed by atoms with Gasteiger partial charge in [-0.2, -0.15) is 0 Å². The fourth-order valence-corrected chi connectivity index (χ4v) is 3.78. The summed E-state index contributed by atoms with van der Waals surface area (Å²) in [5.74, 6) is 3.30. The van der Waals surface area contributed by atoms with Gasteiger partial charge in [0.2, 0.25) is 0 Å². The molecule has 1 aliphatic carbocycles. The fourth-order valence-electron chi connectivity index (χ4n) is 2.87. The van der Waals surface area contributed by atoms with Crippen molar-refractivity contribution in [2.45, 2.75) is 65.2 Å². The number of anilines is 1. The third kappa shape index (κ3) is 3.33. The fraction of sp³-hybridized carbons (Fsp3) is 0.750. The predicted molar refractivity (Wildman–Crippen MR) is 88.4 cm³/mol. The number of rotatable bonds is 3. The molecule has 1 N–H and O–H groups in total. The molecule has 1 aliphatic rings. The molecule has 0 amide bonds. The zero-order valence-electron chi connectivity index (χ0n) is 13.3. The van der Waals surface area contributed by atoms with Gasteiger partial charge in [-0.3, -0.25) is 0 Å². The third-order valence-electron chi connectivity index (χ3n) is 3.98. The summed E-state index contributed by atoms with van der Waals surface area (Å²) in [6.45, 7) is 11.9. The topological polar surface area (TPSA) is 37.8 Å². The first-order valence-electron chi connectivity index (χ1n) is 7.64. The van der Waals surface area contributed by atoms with Crippen LogP contribution in [0.15, 0.2) is 4.47 Å². The minimum Gasteiger partial charge on any atom is -0.369 e. The van der Waals surface area contributed by atoms with E-state index in [0.717, 1.165) is 34.3 Å². The summed E-state index contributed by atoms with van der Waals surface area (Å²) in [5.41, 5.74) is 1.13. The molecule has 112 valence electrons. The van der Waals surface area contributed by atoms with Gasteiger partial charge in [-0.25, -0.2) is 9.97 Å². The molecule has 1 aromatic rings. The van der Waals surface area contributed by atoms with E-state index in [1.807, 2.05) is 0 Å².